The third kappa shape index (κ3) is 4.84. The molecular formula is C17H14Cl2FNO4. The summed E-state index contributed by atoms with van der Waals surface area (Å²) in [5.74, 6) is -1.93. The van der Waals surface area contributed by atoms with Gasteiger partial charge in [-0.2, -0.15) is 0 Å². The van der Waals surface area contributed by atoms with Crippen LogP contribution in [0.2, 0.25) is 10.0 Å². The molecule has 0 saturated heterocycles. The van der Waals surface area contributed by atoms with Gasteiger partial charge in [0.2, 0.25) is 0 Å². The van der Waals surface area contributed by atoms with Crippen molar-refractivity contribution in [3.05, 3.63) is 57.8 Å². The van der Waals surface area contributed by atoms with E-state index in [0.29, 0.717) is 16.5 Å². The van der Waals surface area contributed by atoms with Crippen LogP contribution in [0.1, 0.15) is 17.3 Å². The number of hydrogen-bond donors (Lipinski definition) is 1. The van der Waals surface area contributed by atoms with Crippen LogP contribution in [0.4, 0.5) is 10.1 Å². The molecule has 2 aromatic rings. The average Bonchev–Trinajstić information content (AvgIpc) is 2.54. The maximum absolute atomic E-state index is 13.7. The van der Waals surface area contributed by atoms with Crippen LogP contribution in [0, 0.1) is 5.82 Å². The van der Waals surface area contributed by atoms with E-state index >= 15 is 0 Å². The Morgan fingerprint density at radius 2 is 1.88 bits per heavy atom. The highest BCUT2D eigenvalue weighted by Crippen LogP contribution is 2.27. The van der Waals surface area contributed by atoms with Gasteiger partial charge in [-0.15, -0.1) is 0 Å². The number of carbonyl (C=O) groups excluding carboxylic acids is 2. The number of nitrogens with one attached hydrogen (secondary N) is 1. The molecule has 2 aromatic carbocycles. The Hall–Kier alpha value is -2.31. The third-order valence-corrected chi connectivity index (χ3v) is 3.75. The van der Waals surface area contributed by atoms with Gasteiger partial charge in [0.1, 0.15) is 11.6 Å². The maximum Gasteiger partial charge on any atom is 0.341 e. The minimum absolute atomic E-state index is 0.149. The van der Waals surface area contributed by atoms with E-state index in [0.717, 1.165) is 6.07 Å². The van der Waals surface area contributed by atoms with Crippen LogP contribution in [0.5, 0.6) is 5.75 Å². The highest BCUT2D eigenvalue weighted by atomic mass is 35.5. The number of halogens is 3. The monoisotopic (exact) mass is 385 g/mol. The van der Waals surface area contributed by atoms with Crippen molar-refractivity contribution < 1.29 is 23.5 Å². The summed E-state index contributed by atoms with van der Waals surface area (Å²) < 4.78 is 23.7. The van der Waals surface area contributed by atoms with Gasteiger partial charge in [-0.1, -0.05) is 23.2 Å². The van der Waals surface area contributed by atoms with Crippen molar-refractivity contribution in [3.8, 4) is 5.75 Å². The fourth-order valence-electron chi connectivity index (χ4n) is 1.92. The largest absolute Gasteiger partial charge is 0.495 e. The summed E-state index contributed by atoms with van der Waals surface area (Å²) in [4.78, 5) is 24.1. The van der Waals surface area contributed by atoms with Crippen molar-refractivity contribution in [2.75, 3.05) is 12.4 Å². The summed E-state index contributed by atoms with van der Waals surface area (Å²) in [6.07, 6.45) is -1.15. The van der Waals surface area contributed by atoms with Crippen LogP contribution < -0.4 is 10.1 Å². The maximum atomic E-state index is 13.7. The Balaban J connectivity index is 2.02. The van der Waals surface area contributed by atoms with Crippen molar-refractivity contribution in [1.82, 2.24) is 0 Å². The number of methoxy groups -OCH3 is 1. The molecule has 25 heavy (non-hydrogen) atoms. The van der Waals surface area contributed by atoms with Crippen molar-refractivity contribution in [1.29, 1.82) is 0 Å². The second-order valence-corrected chi connectivity index (χ2v) is 5.85. The van der Waals surface area contributed by atoms with Crippen LogP contribution in [-0.2, 0) is 9.53 Å². The van der Waals surface area contributed by atoms with E-state index < -0.39 is 23.8 Å². The zero-order chi connectivity index (χ0) is 18.6. The number of benzene rings is 2. The summed E-state index contributed by atoms with van der Waals surface area (Å²) >= 11 is 11.6. The fourth-order valence-corrected chi connectivity index (χ4v) is 2.34. The van der Waals surface area contributed by atoms with Crippen LogP contribution >= 0.6 is 23.2 Å². The lowest BCUT2D eigenvalue weighted by Crippen LogP contribution is -2.30. The van der Waals surface area contributed by atoms with Gasteiger partial charge >= 0.3 is 5.97 Å². The van der Waals surface area contributed by atoms with Gasteiger partial charge in [-0.25, -0.2) is 9.18 Å². The van der Waals surface area contributed by atoms with Gasteiger partial charge in [0.25, 0.3) is 5.91 Å². The topological polar surface area (TPSA) is 64.6 Å². The predicted molar refractivity (Wildman–Crippen MR) is 92.9 cm³/mol. The second-order valence-electron chi connectivity index (χ2n) is 5.01. The molecule has 0 radical (unpaired) electrons. The first-order valence-electron chi connectivity index (χ1n) is 7.12. The minimum atomic E-state index is -1.15. The summed E-state index contributed by atoms with van der Waals surface area (Å²) in [5.41, 5.74) is 0.0907. The van der Waals surface area contributed by atoms with Gasteiger partial charge in [0, 0.05) is 10.7 Å². The summed E-state index contributed by atoms with van der Waals surface area (Å²) in [6, 6.07) is 8.18. The van der Waals surface area contributed by atoms with E-state index in [1.807, 2.05) is 0 Å². The number of anilines is 1. The summed E-state index contributed by atoms with van der Waals surface area (Å²) in [5, 5.41) is 3.01. The Kier molecular flexibility index (Phi) is 6.22. The van der Waals surface area contributed by atoms with Gasteiger partial charge in [0.05, 0.1) is 17.7 Å². The normalized spacial score (nSPS) is 11.6. The smallest absolute Gasteiger partial charge is 0.341 e. The van der Waals surface area contributed by atoms with E-state index in [4.69, 9.17) is 32.7 Å². The molecule has 0 aliphatic rings. The molecule has 2 rings (SSSR count). The molecule has 0 unspecified atom stereocenters. The minimum Gasteiger partial charge on any atom is -0.495 e. The molecular weight excluding hydrogens is 372 g/mol. The van der Waals surface area contributed by atoms with Crippen LogP contribution in [0.25, 0.3) is 0 Å². The Morgan fingerprint density at radius 3 is 2.48 bits per heavy atom. The molecule has 0 aliphatic heterocycles. The molecule has 0 fully saturated rings. The molecule has 0 aromatic heterocycles. The lowest BCUT2D eigenvalue weighted by atomic mass is 10.2. The number of carbonyl (C=O) groups is 2. The quantitative estimate of drug-likeness (QED) is 0.778. The first-order valence-corrected chi connectivity index (χ1v) is 7.88. The Labute approximate surface area is 153 Å². The van der Waals surface area contributed by atoms with E-state index in [2.05, 4.69) is 5.32 Å². The lowest BCUT2D eigenvalue weighted by Gasteiger charge is -2.14. The molecule has 0 saturated carbocycles. The number of rotatable bonds is 5. The first kappa shape index (κ1) is 19.0. The van der Waals surface area contributed by atoms with Gasteiger partial charge in [0.15, 0.2) is 6.10 Å². The zero-order valence-corrected chi connectivity index (χ0v) is 14.8. The molecule has 1 N–H and O–H groups in total. The van der Waals surface area contributed by atoms with E-state index in [1.165, 1.54) is 32.2 Å². The zero-order valence-electron chi connectivity index (χ0n) is 13.3. The van der Waals surface area contributed by atoms with Gasteiger partial charge in [-0.05, 0) is 43.3 Å². The Bertz CT molecular complexity index is 813. The molecule has 0 heterocycles. The second kappa shape index (κ2) is 8.18. The lowest BCUT2D eigenvalue weighted by molar-refractivity contribution is -0.123. The van der Waals surface area contributed by atoms with Crippen LogP contribution in [-0.4, -0.2) is 25.1 Å². The van der Waals surface area contributed by atoms with E-state index in [9.17, 15) is 14.0 Å². The van der Waals surface area contributed by atoms with E-state index in [-0.39, 0.29) is 10.6 Å². The highest BCUT2D eigenvalue weighted by Gasteiger charge is 2.21. The fraction of sp³-hybridized carbons (Fsp3) is 0.176. The standard InChI is InChI=1S/C17H14Cl2FNO4/c1-9(25-17(23)12-5-3-10(18)7-14(12)20)16(22)21-11-4-6-15(24-2)13(19)8-11/h3-9H,1-2H3,(H,21,22)/t9-/m0/s1. The molecule has 0 aliphatic carbocycles. The summed E-state index contributed by atoms with van der Waals surface area (Å²) in [7, 11) is 1.47. The number of ether oxygens (including phenoxy) is 2. The molecule has 0 bridgehead atoms. The number of esters is 1. The van der Waals surface area contributed by atoms with Gasteiger partial charge in [-0.3, -0.25) is 4.79 Å². The van der Waals surface area contributed by atoms with Crippen LogP contribution in [0.3, 0.4) is 0 Å². The van der Waals surface area contributed by atoms with Crippen molar-refractivity contribution in [2.45, 2.75) is 13.0 Å². The van der Waals surface area contributed by atoms with Crippen molar-refractivity contribution in [2.24, 2.45) is 0 Å². The van der Waals surface area contributed by atoms with E-state index in [1.54, 1.807) is 12.1 Å². The first-order chi connectivity index (χ1) is 11.8. The molecule has 132 valence electrons. The number of amides is 1. The van der Waals surface area contributed by atoms with Gasteiger partial charge < -0.3 is 14.8 Å². The highest BCUT2D eigenvalue weighted by molar-refractivity contribution is 6.32. The molecule has 1 atom stereocenters. The summed E-state index contributed by atoms with van der Waals surface area (Å²) in [6.45, 7) is 1.37. The van der Waals surface area contributed by atoms with Crippen molar-refractivity contribution >= 4 is 40.8 Å². The Morgan fingerprint density at radius 1 is 1.16 bits per heavy atom. The molecule has 8 heteroatoms. The molecule has 0 spiro atoms. The molecule has 1 amide bonds. The predicted octanol–water partition coefficient (Wildman–Crippen LogP) is 4.33. The third-order valence-electron chi connectivity index (χ3n) is 3.22. The molecule has 5 nitrogen and oxygen atoms in total. The van der Waals surface area contributed by atoms with Crippen molar-refractivity contribution in [3.63, 3.8) is 0 Å². The van der Waals surface area contributed by atoms with Crippen LogP contribution in [0.15, 0.2) is 36.4 Å². The average molecular weight is 386 g/mol. The SMILES string of the molecule is COc1ccc(NC(=O)[C@H](C)OC(=O)c2ccc(Cl)cc2F)cc1Cl. The number of hydrogen-bond acceptors (Lipinski definition) is 4.